The van der Waals surface area contributed by atoms with Crippen molar-refractivity contribution >= 4 is 42.1 Å². The number of carbonyl (C=O) groups excluding carboxylic acids is 2. The van der Waals surface area contributed by atoms with Gasteiger partial charge in [0, 0.05) is 83.6 Å². The number of H-pyrrole nitrogens is 2. The summed E-state index contributed by atoms with van der Waals surface area (Å²) >= 11 is 4.67. The number of carbonyl (C=O) groups is 4. The minimum absolute atomic E-state index is 0.0126. The molecular weight excluding hydrogens is 580 g/mol. The fraction of sp³-hybridized carbons (Fsp3) is 0.545. The normalized spacial score (nSPS) is 20.8. The first-order valence-corrected chi connectivity index (χ1v) is 15.9. The standard InChI is InChI=1S/C33H44N4O6S/c1-7-20-15(2)25(36-33(20)43)12-23-16(3)21(8-10-29(38)39)26(34-23)14-27-22(9-11-30(40)41)17(4)24(35-27)13-28-31(19(6)44)18(5)32(42)37-28/h18-19,28,31,34-35,44H,7-14H2,1-6H3,(H,37,42)(H,38,39)(H,40,41)/t18-,19-,28?,31+/m1/s1. The van der Waals surface area contributed by atoms with Crippen LogP contribution >= 0.6 is 12.6 Å². The zero-order valence-electron chi connectivity index (χ0n) is 26.4. The number of carboxylic acids is 2. The van der Waals surface area contributed by atoms with E-state index in [0.29, 0.717) is 44.2 Å². The van der Waals surface area contributed by atoms with Crippen molar-refractivity contribution in [2.45, 2.75) is 104 Å². The first-order valence-electron chi connectivity index (χ1n) is 15.4. The number of carboxylic acid groups (broad SMARTS) is 2. The molecule has 0 saturated carbocycles. The van der Waals surface area contributed by atoms with Crippen LogP contribution in [0.1, 0.15) is 92.0 Å². The van der Waals surface area contributed by atoms with E-state index in [1.165, 1.54) is 0 Å². The number of rotatable bonds is 14. The Balaban J connectivity index is 1.71. The molecule has 0 aromatic carbocycles. The lowest BCUT2D eigenvalue weighted by Crippen LogP contribution is -2.34. The number of aliphatic imine (C=N–C) groups is 1. The summed E-state index contributed by atoms with van der Waals surface area (Å²) in [4.78, 5) is 59.5. The van der Waals surface area contributed by atoms with Crippen molar-refractivity contribution in [2.75, 3.05) is 0 Å². The zero-order valence-corrected chi connectivity index (χ0v) is 27.3. The molecule has 1 fully saturated rings. The molecule has 1 unspecified atom stereocenters. The second-order valence-electron chi connectivity index (χ2n) is 12.3. The second kappa shape index (κ2) is 13.6. The Morgan fingerprint density at radius 1 is 0.909 bits per heavy atom. The summed E-state index contributed by atoms with van der Waals surface area (Å²) < 4.78 is 0. The monoisotopic (exact) mass is 624 g/mol. The van der Waals surface area contributed by atoms with Gasteiger partial charge in [0.05, 0.1) is 5.71 Å². The van der Waals surface area contributed by atoms with Gasteiger partial charge in [-0.05, 0) is 67.9 Å². The van der Waals surface area contributed by atoms with Crippen LogP contribution in [-0.2, 0) is 51.3 Å². The zero-order chi connectivity index (χ0) is 32.5. The first kappa shape index (κ1) is 33.3. The van der Waals surface area contributed by atoms with Gasteiger partial charge >= 0.3 is 11.9 Å². The van der Waals surface area contributed by atoms with Gasteiger partial charge in [0.25, 0.3) is 5.91 Å². The van der Waals surface area contributed by atoms with Gasteiger partial charge in [0.2, 0.25) is 5.91 Å². The number of hydrogen-bond acceptors (Lipinski definition) is 5. The fourth-order valence-electron chi connectivity index (χ4n) is 6.98. The molecular formula is C33H44N4O6S. The number of nitrogens with zero attached hydrogens (tertiary/aromatic N) is 1. The molecule has 2 aliphatic heterocycles. The lowest BCUT2D eigenvalue weighted by atomic mass is 9.86. The summed E-state index contributed by atoms with van der Waals surface area (Å²) in [6.45, 7) is 11.7. The third-order valence-electron chi connectivity index (χ3n) is 9.52. The van der Waals surface area contributed by atoms with Crippen LogP contribution in [0.3, 0.4) is 0 Å². The summed E-state index contributed by atoms with van der Waals surface area (Å²) in [5, 5.41) is 22.1. The maximum absolute atomic E-state index is 12.5. The van der Waals surface area contributed by atoms with E-state index in [1.54, 1.807) is 0 Å². The third-order valence-corrected chi connectivity index (χ3v) is 9.86. The summed E-state index contributed by atoms with van der Waals surface area (Å²) in [5.74, 6) is -2.07. The van der Waals surface area contributed by atoms with Crippen molar-refractivity contribution in [3.05, 3.63) is 56.2 Å². The molecule has 0 spiro atoms. The molecule has 44 heavy (non-hydrogen) atoms. The highest BCUT2D eigenvalue weighted by Gasteiger charge is 2.41. The Hall–Kier alpha value is -3.60. The molecule has 0 aliphatic carbocycles. The van der Waals surface area contributed by atoms with E-state index in [-0.39, 0.29) is 47.8 Å². The van der Waals surface area contributed by atoms with E-state index in [2.05, 4.69) is 32.9 Å². The maximum Gasteiger partial charge on any atom is 0.303 e. The second-order valence-corrected chi connectivity index (χ2v) is 13.1. The van der Waals surface area contributed by atoms with Crippen LogP contribution in [0, 0.1) is 25.7 Å². The van der Waals surface area contributed by atoms with Crippen molar-refractivity contribution in [1.82, 2.24) is 15.3 Å². The number of aliphatic carboxylic acids is 2. The van der Waals surface area contributed by atoms with Crippen molar-refractivity contribution in [3.8, 4) is 0 Å². The summed E-state index contributed by atoms with van der Waals surface area (Å²) in [7, 11) is 0. The van der Waals surface area contributed by atoms with Crippen LogP contribution in [0.25, 0.3) is 0 Å². The predicted octanol–water partition coefficient (Wildman–Crippen LogP) is 4.45. The fourth-order valence-corrected chi connectivity index (χ4v) is 7.44. The van der Waals surface area contributed by atoms with Gasteiger partial charge in [-0.15, -0.1) is 0 Å². The molecule has 10 nitrogen and oxygen atoms in total. The Kier molecular flexibility index (Phi) is 10.3. The first-order chi connectivity index (χ1) is 20.7. The average Bonchev–Trinajstić information content (AvgIpc) is 3.59. The lowest BCUT2D eigenvalue weighted by molar-refractivity contribution is -0.138. The molecule has 4 atom stereocenters. The predicted molar refractivity (Wildman–Crippen MR) is 172 cm³/mol. The van der Waals surface area contributed by atoms with Crippen LogP contribution in [0.5, 0.6) is 0 Å². The van der Waals surface area contributed by atoms with Crippen LogP contribution < -0.4 is 5.32 Å². The molecule has 2 aromatic heterocycles. The highest BCUT2D eigenvalue weighted by atomic mass is 32.1. The van der Waals surface area contributed by atoms with E-state index in [0.717, 1.165) is 56.2 Å². The highest BCUT2D eigenvalue weighted by molar-refractivity contribution is 7.80. The molecule has 238 valence electrons. The molecule has 2 aromatic rings. The smallest absolute Gasteiger partial charge is 0.303 e. The van der Waals surface area contributed by atoms with E-state index in [9.17, 15) is 29.4 Å². The Bertz CT molecular complexity index is 1550. The van der Waals surface area contributed by atoms with Gasteiger partial charge in [0.15, 0.2) is 0 Å². The largest absolute Gasteiger partial charge is 0.481 e. The van der Waals surface area contributed by atoms with Gasteiger partial charge < -0.3 is 25.5 Å². The number of allylic oxidation sites excluding steroid dienone is 1. The minimum Gasteiger partial charge on any atom is -0.481 e. The summed E-state index contributed by atoms with van der Waals surface area (Å²) in [5.41, 5.74) is 9.62. The number of thiol groups is 1. The van der Waals surface area contributed by atoms with Crippen molar-refractivity contribution in [2.24, 2.45) is 16.8 Å². The molecule has 1 saturated heterocycles. The molecule has 2 amide bonds. The van der Waals surface area contributed by atoms with Crippen molar-refractivity contribution < 1.29 is 29.4 Å². The molecule has 4 heterocycles. The number of aromatic amines is 2. The summed E-state index contributed by atoms with van der Waals surface area (Å²) in [6.07, 6.45) is 2.64. The molecule has 2 aliphatic rings. The third kappa shape index (κ3) is 6.87. The van der Waals surface area contributed by atoms with E-state index < -0.39 is 11.9 Å². The van der Waals surface area contributed by atoms with Crippen LogP contribution in [0.4, 0.5) is 0 Å². The molecule has 5 N–H and O–H groups in total. The van der Waals surface area contributed by atoms with Gasteiger partial charge in [-0.25, -0.2) is 4.99 Å². The molecule has 4 rings (SSSR count). The number of hydrogen-bond donors (Lipinski definition) is 6. The maximum atomic E-state index is 12.5. The van der Waals surface area contributed by atoms with Gasteiger partial charge in [0.1, 0.15) is 0 Å². The van der Waals surface area contributed by atoms with E-state index in [1.807, 2.05) is 41.5 Å². The lowest BCUT2D eigenvalue weighted by Gasteiger charge is -2.24. The van der Waals surface area contributed by atoms with Crippen LogP contribution in [0.2, 0.25) is 0 Å². The van der Waals surface area contributed by atoms with Crippen LogP contribution in [0.15, 0.2) is 16.1 Å². The Morgan fingerprint density at radius 3 is 1.95 bits per heavy atom. The minimum atomic E-state index is -0.892. The molecule has 0 radical (unpaired) electrons. The van der Waals surface area contributed by atoms with Gasteiger partial charge in [-0.3, -0.25) is 19.2 Å². The Morgan fingerprint density at radius 2 is 1.45 bits per heavy atom. The van der Waals surface area contributed by atoms with Gasteiger partial charge in [-0.1, -0.05) is 20.8 Å². The number of aromatic nitrogens is 2. The van der Waals surface area contributed by atoms with Gasteiger partial charge in [-0.2, -0.15) is 12.6 Å². The molecule has 11 heteroatoms. The highest BCUT2D eigenvalue weighted by Crippen LogP contribution is 2.34. The van der Waals surface area contributed by atoms with Crippen LogP contribution in [-0.4, -0.2) is 60.9 Å². The van der Waals surface area contributed by atoms with Crippen molar-refractivity contribution in [1.29, 1.82) is 0 Å². The average molecular weight is 625 g/mol. The van der Waals surface area contributed by atoms with E-state index in [4.69, 9.17) is 0 Å². The Labute approximate surface area is 263 Å². The summed E-state index contributed by atoms with van der Waals surface area (Å²) in [6, 6.07) is -0.104. The van der Waals surface area contributed by atoms with E-state index >= 15 is 0 Å². The number of nitrogens with one attached hydrogen (secondary N) is 3. The quantitative estimate of drug-likeness (QED) is 0.170. The van der Waals surface area contributed by atoms with Crippen molar-refractivity contribution in [3.63, 3.8) is 0 Å². The topological polar surface area (TPSA) is 165 Å². The molecule has 0 bridgehead atoms. The SMILES string of the molecule is CCC1=C(C)C(Cc2[nH]c(Cc3[nH]c(CC4NC(=O)[C@H](C)[C@H]4[C@@H](C)S)c(C)c3CCC(=O)O)c(CCC(=O)O)c2C)=NC1=O. The number of amides is 2.